The number of hydrogen-bond acceptors (Lipinski definition) is 2. The van der Waals surface area contributed by atoms with Crippen LogP contribution in [0.3, 0.4) is 0 Å². The molecule has 0 N–H and O–H groups in total. The second-order valence-corrected chi connectivity index (χ2v) is 4.45. The maximum Gasteiger partial charge on any atom is 0.272 e. The molecule has 1 aliphatic rings. The number of rotatable bonds is 1. The van der Waals surface area contributed by atoms with E-state index in [4.69, 9.17) is 11.6 Å². The normalized spacial score (nSPS) is 21.7. The number of aryl methyl sites for hydroxylation is 1. The smallest absolute Gasteiger partial charge is 0.272 e. The Morgan fingerprint density at radius 2 is 2.47 bits per heavy atom. The Labute approximate surface area is 93.8 Å². The molecule has 0 aliphatic carbocycles. The monoisotopic (exact) mass is 227 g/mol. The molecule has 0 saturated carbocycles. The van der Waals surface area contributed by atoms with Crippen molar-refractivity contribution in [2.24, 2.45) is 7.05 Å². The van der Waals surface area contributed by atoms with Crippen molar-refractivity contribution >= 4 is 17.5 Å². The quantitative estimate of drug-likeness (QED) is 0.678. The molecule has 1 aromatic heterocycles. The minimum absolute atomic E-state index is 0.0281. The standard InChI is InChI=1S/C10H14ClN3O/c1-13-9(4-5-12-13)10(15)14-6-2-3-8(11)7-14/h4-5,8H,2-3,6-7H2,1H3. The Balaban J connectivity index is 2.11. The summed E-state index contributed by atoms with van der Waals surface area (Å²) in [6.45, 7) is 1.44. The van der Waals surface area contributed by atoms with Gasteiger partial charge in [-0.1, -0.05) is 0 Å². The lowest BCUT2D eigenvalue weighted by molar-refractivity contribution is 0.0716. The van der Waals surface area contributed by atoms with Gasteiger partial charge in [0.05, 0.1) is 5.38 Å². The summed E-state index contributed by atoms with van der Waals surface area (Å²) in [5.41, 5.74) is 0.626. The summed E-state index contributed by atoms with van der Waals surface area (Å²) in [7, 11) is 1.77. The van der Waals surface area contributed by atoms with Gasteiger partial charge in [-0.2, -0.15) is 5.10 Å². The van der Waals surface area contributed by atoms with Crippen LogP contribution in [0.4, 0.5) is 0 Å². The largest absolute Gasteiger partial charge is 0.336 e. The number of alkyl halides is 1. The van der Waals surface area contributed by atoms with Crippen molar-refractivity contribution < 1.29 is 4.79 Å². The molecule has 1 unspecified atom stereocenters. The molecule has 2 rings (SSSR count). The van der Waals surface area contributed by atoms with Gasteiger partial charge in [-0.25, -0.2) is 0 Å². The second kappa shape index (κ2) is 4.23. The molecule has 15 heavy (non-hydrogen) atoms. The predicted molar refractivity (Wildman–Crippen MR) is 58.0 cm³/mol. The van der Waals surface area contributed by atoms with E-state index >= 15 is 0 Å². The summed E-state index contributed by atoms with van der Waals surface area (Å²) >= 11 is 6.04. The fourth-order valence-electron chi connectivity index (χ4n) is 1.86. The SMILES string of the molecule is Cn1nccc1C(=O)N1CCCC(Cl)C1. The molecule has 82 valence electrons. The lowest BCUT2D eigenvalue weighted by Crippen LogP contribution is -2.41. The van der Waals surface area contributed by atoms with Crippen LogP contribution in [-0.2, 0) is 7.05 Å². The minimum atomic E-state index is 0.0281. The Hall–Kier alpha value is -1.03. The highest BCUT2D eigenvalue weighted by atomic mass is 35.5. The van der Waals surface area contributed by atoms with E-state index in [1.807, 2.05) is 0 Å². The van der Waals surface area contributed by atoms with Crippen LogP contribution in [0, 0.1) is 0 Å². The molecule has 4 nitrogen and oxygen atoms in total. The average Bonchev–Trinajstić information content (AvgIpc) is 2.63. The number of carbonyl (C=O) groups is 1. The molecule has 1 aliphatic heterocycles. The zero-order chi connectivity index (χ0) is 10.8. The van der Waals surface area contributed by atoms with Gasteiger partial charge in [0, 0.05) is 26.3 Å². The van der Waals surface area contributed by atoms with Crippen LogP contribution in [0.2, 0.25) is 0 Å². The van der Waals surface area contributed by atoms with E-state index in [9.17, 15) is 4.79 Å². The Morgan fingerprint density at radius 1 is 1.67 bits per heavy atom. The second-order valence-electron chi connectivity index (χ2n) is 3.83. The predicted octanol–water partition coefficient (Wildman–Crippen LogP) is 1.26. The summed E-state index contributed by atoms with van der Waals surface area (Å²) in [5, 5.41) is 4.08. The fraction of sp³-hybridized carbons (Fsp3) is 0.600. The summed E-state index contributed by atoms with van der Waals surface area (Å²) in [5.74, 6) is 0.0281. The van der Waals surface area contributed by atoms with Gasteiger partial charge in [0.15, 0.2) is 0 Å². The van der Waals surface area contributed by atoms with E-state index in [-0.39, 0.29) is 11.3 Å². The lowest BCUT2D eigenvalue weighted by atomic mass is 10.1. The maximum atomic E-state index is 12.0. The topological polar surface area (TPSA) is 38.1 Å². The first-order chi connectivity index (χ1) is 7.18. The fourth-order valence-corrected chi connectivity index (χ4v) is 2.18. The van der Waals surface area contributed by atoms with Crippen molar-refractivity contribution in [2.45, 2.75) is 18.2 Å². The molecule has 1 saturated heterocycles. The highest BCUT2D eigenvalue weighted by Gasteiger charge is 2.24. The Morgan fingerprint density at radius 3 is 3.07 bits per heavy atom. The van der Waals surface area contributed by atoms with E-state index in [0.29, 0.717) is 12.2 Å². The van der Waals surface area contributed by atoms with Crippen molar-refractivity contribution in [3.8, 4) is 0 Å². The highest BCUT2D eigenvalue weighted by molar-refractivity contribution is 6.21. The molecular weight excluding hydrogens is 214 g/mol. The molecule has 1 aromatic rings. The van der Waals surface area contributed by atoms with Crippen molar-refractivity contribution in [2.75, 3.05) is 13.1 Å². The molecule has 5 heteroatoms. The number of carbonyl (C=O) groups excluding carboxylic acids is 1. The van der Waals surface area contributed by atoms with Crippen LogP contribution in [0.1, 0.15) is 23.3 Å². The van der Waals surface area contributed by atoms with Crippen LogP contribution < -0.4 is 0 Å². The van der Waals surface area contributed by atoms with Gasteiger partial charge in [-0.3, -0.25) is 9.48 Å². The number of hydrogen-bond donors (Lipinski definition) is 0. The molecule has 1 fully saturated rings. The molecular formula is C10H14ClN3O. The number of aromatic nitrogens is 2. The van der Waals surface area contributed by atoms with Crippen molar-refractivity contribution in [1.82, 2.24) is 14.7 Å². The number of amides is 1. The van der Waals surface area contributed by atoms with Gasteiger partial charge in [0.1, 0.15) is 5.69 Å². The first-order valence-electron chi connectivity index (χ1n) is 5.10. The van der Waals surface area contributed by atoms with E-state index in [1.165, 1.54) is 0 Å². The summed E-state index contributed by atoms with van der Waals surface area (Å²) in [6, 6.07) is 1.74. The van der Waals surface area contributed by atoms with Crippen LogP contribution in [0.15, 0.2) is 12.3 Å². The molecule has 0 aromatic carbocycles. The Kier molecular flexibility index (Phi) is 2.95. The van der Waals surface area contributed by atoms with Gasteiger partial charge < -0.3 is 4.90 Å². The van der Waals surface area contributed by atoms with Gasteiger partial charge in [0.2, 0.25) is 0 Å². The molecule has 0 spiro atoms. The number of halogens is 1. The van der Waals surface area contributed by atoms with Gasteiger partial charge >= 0.3 is 0 Å². The number of piperidine rings is 1. The molecule has 1 atom stereocenters. The van der Waals surface area contributed by atoms with Crippen molar-refractivity contribution in [3.63, 3.8) is 0 Å². The van der Waals surface area contributed by atoms with Crippen LogP contribution in [-0.4, -0.2) is 39.1 Å². The molecule has 0 radical (unpaired) electrons. The zero-order valence-electron chi connectivity index (χ0n) is 8.69. The van der Waals surface area contributed by atoms with E-state index < -0.39 is 0 Å². The van der Waals surface area contributed by atoms with E-state index in [2.05, 4.69) is 5.10 Å². The van der Waals surface area contributed by atoms with Crippen LogP contribution in [0.25, 0.3) is 0 Å². The summed E-state index contributed by atoms with van der Waals surface area (Å²) in [6.07, 6.45) is 3.61. The molecule has 0 bridgehead atoms. The van der Waals surface area contributed by atoms with Crippen LogP contribution in [0.5, 0.6) is 0 Å². The third-order valence-corrected chi connectivity index (χ3v) is 3.05. The van der Waals surface area contributed by atoms with Crippen LogP contribution >= 0.6 is 11.6 Å². The van der Waals surface area contributed by atoms with Gasteiger partial charge in [0.25, 0.3) is 5.91 Å². The minimum Gasteiger partial charge on any atom is -0.336 e. The number of likely N-dealkylation sites (tertiary alicyclic amines) is 1. The Bertz CT molecular complexity index is 363. The molecule has 1 amide bonds. The zero-order valence-corrected chi connectivity index (χ0v) is 9.44. The van der Waals surface area contributed by atoms with Crippen molar-refractivity contribution in [3.05, 3.63) is 18.0 Å². The molecule has 2 heterocycles. The lowest BCUT2D eigenvalue weighted by Gasteiger charge is -2.29. The maximum absolute atomic E-state index is 12.0. The van der Waals surface area contributed by atoms with Crippen molar-refractivity contribution in [1.29, 1.82) is 0 Å². The summed E-state index contributed by atoms with van der Waals surface area (Å²) < 4.78 is 1.60. The highest BCUT2D eigenvalue weighted by Crippen LogP contribution is 2.17. The van der Waals surface area contributed by atoms with E-state index in [1.54, 1.807) is 28.9 Å². The van der Waals surface area contributed by atoms with Gasteiger partial charge in [-0.05, 0) is 18.9 Å². The summed E-state index contributed by atoms with van der Waals surface area (Å²) in [4.78, 5) is 13.8. The average molecular weight is 228 g/mol. The number of nitrogens with zero attached hydrogens (tertiary/aromatic N) is 3. The third kappa shape index (κ3) is 2.15. The van der Waals surface area contributed by atoms with E-state index in [0.717, 1.165) is 19.4 Å². The first kappa shape index (κ1) is 10.5. The first-order valence-corrected chi connectivity index (χ1v) is 5.53. The third-order valence-electron chi connectivity index (χ3n) is 2.69. The van der Waals surface area contributed by atoms with Gasteiger partial charge in [-0.15, -0.1) is 11.6 Å².